The van der Waals surface area contributed by atoms with Crippen LogP contribution in [0.15, 0.2) is 23.5 Å². The predicted molar refractivity (Wildman–Crippen MR) is 60.2 cm³/mol. The highest BCUT2D eigenvalue weighted by Crippen LogP contribution is 2.05. The van der Waals surface area contributed by atoms with Crippen molar-refractivity contribution in [1.82, 2.24) is 15.3 Å². The van der Waals surface area contributed by atoms with E-state index in [0.717, 1.165) is 39.4 Å². The summed E-state index contributed by atoms with van der Waals surface area (Å²) in [4.78, 5) is 2.39. The van der Waals surface area contributed by atoms with Gasteiger partial charge in [-0.2, -0.15) is 0 Å². The summed E-state index contributed by atoms with van der Waals surface area (Å²) >= 11 is 5.86. The van der Waals surface area contributed by atoms with Crippen molar-refractivity contribution < 1.29 is 4.74 Å². The Morgan fingerprint density at radius 3 is 2.87 bits per heavy atom. The molecule has 0 atom stereocenters. The molecule has 1 fully saturated rings. The molecule has 0 aromatic carbocycles. The second kappa shape index (κ2) is 5.39. The molecule has 0 aliphatic carbocycles. The van der Waals surface area contributed by atoms with Crippen LogP contribution in [0.4, 0.5) is 0 Å². The van der Waals surface area contributed by atoms with Crippen molar-refractivity contribution in [2.24, 2.45) is 0 Å². The van der Waals surface area contributed by atoms with Gasteiger partial charge in [0.15, 0.2) is 0 Å². The fraction of sp³-hybridized carbons (Fsp3) is 0.600. The predicted octanol–water partition coefficient (Wildman–Crippen LogP) is 0.733. The van der Waals surface area contributed by atoms with Crippen LogP contribution in [-0.4, -0.2) is 49.3 Å². The first-order valence-electron chi connectivity index (χ1n) is 5.22. The summed E-state index contributed by atoms with van der Waals surface area (Å²) in [7, 11) is 0. The van der Waals surface area contributed by atoms with Crippen LogP contribution in [0.3, 0.4) is 0 Å². The smallest absolute Gasteiger partial charge is 0.120 e. The van der Waals surface area contributed by atoms with Crippen LogP contribution in [0.1, 0.15) is 0 Å². The van der Waals surface area contributed by atoms with Gasteiger partial charge in [-0.1, -0.05) is 11.6 Å². The Bertz CT molecular complexity index is 261. The van der Waals surface area contributed by atoms with Gasteiger partial charge in [0.25, 0.3) is 0 Å². The van der Waals surface area contributed by atoms with E-state index < -0.39 is 0 Å². The quantitative estimate of drug-likeness (QED) is 0.723. The van der Waals surface area contributed by atoms with Crippen molar-refractivity contribution in [3.8, 4) is 0 Å². The molecule has 0 saturated carbocycles. The highest BCUT2D eigenvalue weighted by Gasteiger charge is 2.11. The van der Waals surface area contributed by atoms with E-state index >= 15 is 0 Å². The molecule has 4 nitrogen and oxygen atoms in total. The summed E-state index contributed by atoms with van der Waals surface area (Å²) in [6.07, 6.45) is 5.78. The molecule has 0 spiro atoms. The van der Waals surface area contributed by atoms with Crippen molar-refractivity contribution in [3.63, 3.8) is 0 Å². The van der Waals surface area contributed by atoms with Crippen molar-refractivity contribution in [2.75, 3.05) is 39.4 Å². The number of nitrogens with one attached hydrogen (secondary N) is 1. The van der Waals surface area contributed by atoms with Crippen LogP contribution in [0.2, 0.25) is 0 Å². The molecule has 1 N–H and O–H groups in total. The molecule has 0 aromatic heterocycles. The lowest BCUT2D eigenvalue weighted by Gasteiger charge is -2.30. The van der Waals surface area contributed by atoms with E-state index in [1.165, 1.54) is 0 Å². The molecule has 5 heteroatoms. The highest BCUT2D eigenvalue weighted by atomic mass is 35.5. The van der Waals surface area contributed by atoms with E-state index in [4.69, 9.17) is 16.3 Å². The minimum Gasteiger partial charge on any atom is -0.379 e. The molecule has 2 rings (SSSR count). The Morgan fingerprint density at radius 1 is 1.33 bits per heavy atom. The monoisotopic (exact) mass is 229 g/mol. The maximum Gasteiger partial charge on any atom is 0.120 e. The summed E-state index contributed by atoms with van der Waals surface area (Å²) in [6, 6.07) is 0. The third-order valence-electron chi connectivity index (χ3n) is 2.52. The lowest BCUT2D eigenvalue weighted by molar-refractivity contribution is 0.0340. The number of allylic oxidation sites excluding steroid dienone is 2. The first-order valence-corrected chi connectivity index (χ1v) is 5.60. The fourth-order valence-corrected chi connectivity index (χ4v) is 1.83. The van der Waals surface area contributed by atoms with Gasteiger partial charge in [0.1, 0.15) is 5.16 Å². The van der Waals surface area contributed by atoms with E-state index in [0.29, 0.717) is 5.16 Å². The van der Waals surface area contributed by atoms with Crippen LogP contribution in [0.25, 0.3) is 0 Å². The first-order chi connectivity index (χ1) is 7.34. The van der Waals surface area contributed by atoms with Gasteiger partial charge < -0.3 is 4.74 Å². The van der Waals surface area contributed by atoms with Crippen LogP contribution in [0, 0.1) is 0 Å². The lowest BCUT2D eigenvalue weighted by Crippen LogP contribution is -2.43. The maximum atomic E-state index is 5.86. The third kappa shape index (κ3) is 3.41. The second-order valence-corrected chi connectivity index (χ2v) is 4.02. The highest BCUT2D eigenvalue weighted by molar-refractivity contribution is 6.29. The zero-order valence-electron chi connectivity index (χ0n) is 8.66. The number of halogens is 1. The third-order valence-corrected chi connectivity index (χ3v) is 2.73. The van der Waals surface area contributed by atoms with Gasteiger partial charge in [-0.3, -0.25) is 15.3 Å². The molecule has 0 unspecified atom stereocenters. The Balaban J connectivity index is 1.69. The number of hydrazine groups is 1. The first kappa shape index (κ1) is 10.8. The van der Waals surface area contributed by atoms with E-state index in [-0.39, 0.29) is 0 Å². The molecule has 84 valence electrons. The Kier molecular flexibility index (Phi) is 3.88. The SMILES string of the molecule is ClC1=CC=CN(CCN2CCOCC2)N1. The van der Waals surface area contributed by atoms with Crippen LogP contribution in [0.5, 0.6) is 0 Å². The van der Waals surface area contributed by atoms with Crippen LogP contribution in [-0.2, 0) is 4.74 Å². The van der Waals surface area contributed by atoms with Gasteiger partial charge in [-0.25, -0.2) is 0 Å². The number of ether oxygens (including phenoxy) is 1. The van der Waals surface area contributed by atoms with Crippen LogP contribution >= 0.6 is 11.6 Å². The normalized spacial score (nSPS) is 22.5. The zero-order valence-corrected chi connectivity index (χ0v) is 9.41. The minimum absolute atomic E-state index is 0.666. The number of rotatable bonds is 3. The summed E-state index contributed by atoms with van der Waals surface area (Å²) in [6.45, 7) is 5.72. The maximum absolute atomic E-state index is 5.86. The number of morpholine rings is 1. The summed E-state index contributed by atoms with van der Waals surface area (Å²) in [5.41, 5.74) is 3.07. The van der Waals surface area contributed by atoms with E-state index in [1.807, 2.05) is 23.4 Å². The van der Waals surface area contributed by atoms with Crippen molar-refractivity contribution in [3.05, 3.63) is 23.5 Å². The van der Waals surface area contributed by atoms with Gasteiger partial charge in [-0.15, -0.1) is 0 Å². The standard InChI is InChI=1S/C10H16ClN3O/c11-10-2-1-3-14(12-10)5-4-13-6-8-15-9-7-13/h1-3,12H,4-9H2. The van der Waals surface area contributed by atoms with Crippen molar-refractivity contribution >= 4 is 11.6 Å². The van der Waals surface area contributed by atoms with E-state index in [9.17, 15) is 0 Å². The lowest BCUT2D eigenvalue weighted by atomic mass is 10.4. The van der Waals surface area contributed by atoms with Gasteiger partial charge in [0.05, 0.1) is 19.8 Å². The number of hydrogen-bond donors (Lipinski definition) is 1. The Labute approximate surface area is 95.1 Å². The average molecular weight is 230 g/mol. The Hall–Kier alpha value is -0.710. The van der Waals surface area contributed by atoms with Gasteiger partial charge in [0.2, 0.25) is 0 Å². The van der Waals surface area contributed by atoms with Crippen molar-refractivity contribution in [1.29, 1.82) is 0 Å². The number of hydrogen-bond acceptors (Lipinski definition) is 4. The average Bonchev–Trinajstić information content (AvgIpc) is 2.28. The molecule has 0 bridgehead atoms. The van der Waals surface area contributed by atoms with E-state index in [2.05, 4.69) is 10.3 Å². The summed E-state index contributed by atoms with van der Waals surface area (Å²) in [5.74, 6) is 0. The summed E-state index contributed by atoms with van der Waals surface area (Å²) in [5, 5.41) is 2.66. The molecule has 1 saturated heterocycles. The molecular weight excluding hydrogens is 214 g/mol. The molecule has 0 amide bonds. The van der Waals surface area contributed by atoms with Crippen LogP contribution < -0.4 is 5.43 Å². The summed E-state index contributed by atoms with van der Waals surface area (Å²) < 4.78 is 5.29. The molecule has 2 heterocycles. The minimum atomic E-state index is 0.666. The van der Waals surface area contributed by atoms with E-state index in [1.54, 1.807) is 0 Å². The molecule has 15 heavy (non-hydrogen) atoms. The molecule has 2 aliphatic rings. The van der Waals surface area contributed by atoms with Crippen molar-refractivity contribution in [2.45, 2.75) is 0 Å². The molecule has 2 aliphatic heterocycles. The second-order valence-electron chi connectivity index (χ2n) is 3.62. The number of nitrogens with zero attached hydrogens (tertiary/aromatic N) is 2. The van der Waals surface area contributed by atoms with Gasteiger partial charge in [0, 0.05) is 25.8 Å². The van der Waals surface area contributed by atoms with Gasteiger partial charge >= 0.3 is 0 Å². The Morgan fingerprint density at radius 2 is 2.13 bits per heavy atom. The molecular formula is C10H16ClN3O. The molecule has 0 aromatic rings. The largest absolute Gasteiger partial charge is 0.379 e. The zero-order chi connectivity index (χ0) is 10.5. The fourth-order valence-electron chi connectivity index (χ4n) is 1.65. The molecule has 0 radical (unpaired) electrons. The topological polar surface area (TPSA) is 27.7 Å². The van der Waals surface area contributed by atoms with Gasteiger partial charge in [-0.05, 0) is 12.2 Å².